The third-order valence-corrected chi connectivity index (χ3v) is 3.10. The van der Waals surface area contributed by atoms with Crippen molar-refractivity contribution in [1.29, 1.82) is 0 Å². The Morgan fingerprint density at radius 2 is 2.00 bits per heavy atom. The minimum absolute atomic E-state index is 0.980. The number of anilines is 1. The second kappa shape index (κ2) is 6.84. The summed E-state index contributed by atoms with van der Waals surface area (Å²) in [6.45, 7) is 5.04. The third-order valence-electron chi connectivity index (χ3n) is 2.54. The third kappa shape index (κ3) is 4.08. The molecule has 0 bridgehead atoms. The summed E-state index contributed by atoms with van der Waals surface area (Å²) in [6, 6.07) is 0. The van der Waals surface area contributed by atoms with Gasteiger partial charge in [0.2, 0.25) is 0 Å². The van der Waals surface area contributed by atoms with Gasteiger partial charge in [0.1, 0.15) is 5.82 Å². The summed E-state index contributed by atoms with van der Waals surface area (Å²) in [5, 5.41) is 1.10. The fraction of sp³-hybridized carbons (Fsp3) is 0.667. The zero-order valence-corrected chi connectivity index (χ0v) is 11.9. The molecule has 1 aromatic heterocycles. The molecule has 0 fully saturated rings. The molecule has 0 radical (unpaired) electrons. The number of alkyl halides is 1. The standard InChI is InChI=1S/C12H20BrN3/c1-10-9-14-11(2)12(15-10)16(3)8-6-4-5-7-13/h9H,4-8H2,1-3H3. The Bertz CT molecular complexity index is 328. The molecule has 0 aliphatic heterocycles. The molecule has 0 saturated carbocycles. The summed E-state index contributed by atoms with van der Waals surface area (Å²) < 4.78 is 0. The summed E-state index contributed by atoms with van der Waals surface area (Å²) in [5.41, 5.74) is 1.99. The van der Waals surface area contributed by atoms with E-state index < -0.39 is 0 Å². The lowest BCUT2D eigenvalue weighted by Crippen LogP contribution is -2.21. The Morgan fingerprint density at radius 1 is 1.25 bits per heavy atom. The van der Waals surface area contributed by atoms with Crippen molar-refractivity contribution in [2.75, 3.05) is 23.8 Å². The molecule has 0 aromatic carbocycles. The summed E-state index contributed by atoms with van der Waals surface area (Å²) in [4.78, 5) is 11.1. The van der Waals surface area contributed by atoms with Crippen molar-refractivity contribution in [3.8, 4) is 0 Å². The van der Waals surface area contributed by atoms with Gasteiger partial charge in [-0.1, -0.05) is 22.4 Å². The molecule has 0 unspecified atom stereocenters. The van der Waals surface area contributed by atoms with E-state index >= 15 is 0 Å². The van der Waals surface area contributed by atoms with Gasteiger partial charge in [0.15, 0.2) is 0 Å². The van der Waals surface area contributed by atoms with E-state index in [-0.39, 0.29) is 0 Å². The minimum atomic E-state index is 0.980. The van der Waals surface area contributed by atoms with Crippen LogP contribution < -0.4 is 4.90 Å². The Kier molecular flexibility index (Phi) is 5.74. The quantitative estimate of drug-likeness (QED) is 0.594. The topological polar surface area (TPSA) is 29.0 Å². The molecule has 0 N–H and O–H groups in total. The number of hydrogen-bond donors (Lipinski definition) is 0. The fourth-order valence-electron chi connectivity index (χ4n) is 1.61. The maximum atomic E-state index is 4.53. The highest BCUT2D eigenvalue weighted by molar-refractivity contribution is 9.09. The molecule has 0 atom stereocenters. The van der Waals surface area contributed by atoms with Crippen molar-refractivity contribution in [2.24, 2.45) is 0 Å². The minimum Gasteiger partial charge on any atom is -0.358 e. The van der Waals surface area contributed by atoms with Crippen LogP contribution in [0.2, 0.25) is 0 Å². The van der Waals surface area contributed by atoms with E-state index in [1.54, 1.807) is 0 Å². The SMILES string of the molecule is Cc1cnc(C)c(N(C)CCCCCBr)n1. The van der Waals surface area contributed by atoms with Crippen LogP contribution in [0, 0.1) is 13.8 Å². The predicted molar refractivity (Wildman–Crippen MR) is 72.4 cm³/mol. The van der Waals surface area contributed by atoms with Crippen molar-refractivity contribution in [1.82, 2.24) is 9.97 Å². The number of halogens is 1. The van der Waals surface area contributed by atoms with Crippen LogP contribution in [-0.2, 0) is 0 Å². The Labute approximate surface area is 106 Å². The van der Waals surface area contributed by atoms with E-state index in [4.69, 9.17) is 0 Å². The van der Waals surface area contributed by atoms with Gasteiger partial charge in [0.25, 0.3) is 0 Å². The molecule has 1 rings (SSSR count). The van der Waals surface area contributed by atoms with Gasteiger partial charge in [-0.15, -0.1) is 0 Å². The molecule has 0 spiro atoms. The molecular weight excluding hydrogens is 266 g/mol. The summed E-state index contributed by atoms with van der Waals surface area (Å²) >= 11 is 3.45. The van der Waals surface area contributed by atoms with Crippen molar-refractivity contribution in [2.45, 2.75) is 33.1 Å². The number of aryl methyl sites for hydroxylation is 2. The van der Waals surface area contributed by atoms with Crippen LogP contribution in [0.5, 0.6) is 0 Å². The van der Waals surface area contributed by atoms with Crippen molar-refractivity contribution >= 4 is 21.7 Å². The fourth-order valence-corrected chi connectivity index (χ4v) is 2.01. The van der Waals surface area contributed by atoms with E-state index in [9.17, 15) is 0 Å². The Balaban J connectivity index is 2.51. The van der Waals surface area contributed by atoms with Gasteiger partial charge in [0.05, 0.1) is 11.4 Å². The molecule has 0 aliphatic rings. The van der Waals surface area contributed by atoms with Gasteiger partial charge in [-0.2, -0.15) is 0 Å². The summed E-state index contributed by atoms with van der Waals surface area (Å²) in [7, 11) is 2.09. The molecule has 90 valence electrons. The first-order valence-electron chi connectivity index (χ1n) is 5.72. The van der Waals surface area contributed by atoms with E-state index in [0.717, 1.165) is 29.1 Å². The number of nitrogens with zero attached hydrogens (tertiary/aromatic N) is 3. The van der Waals surface area contributed by atoms with Gasteiger partial charge >= 0.3 is 0 Å². The lowest BCUT2D eigenvalue weighted by molar-refractivity contribution is 0.703. The molecule has 1 heterocycles. The summed E-state index contributed by atoms with van der Waals surface area (Å²) in [5.74, 6) is 1.01. The largest absolute Gasteiger partial charge is 0.358 e. The number of unbranched alkanes of at least 4 members (excludes halogenated alkanes) is 2. The van der Waals surface area contributed by atoms with Crippen LogP contribution in [0.15, 0.2) is 6.20 Å². The van der Waals surface area contributed by atoms with Crippen LogP contribution in [-0.4, -0.2) is 28.9 Å². The van der Waals surface area contributed by atoms with E-state index in [1.807, 2.05) is 20.0 Å². The predicted octanol–water partition coefficient (Wildman–Crippen LogP) is 3.09. The second-order valence-electron chi connectivity index (χ2n) is 4.09. The first-order valence-corrected chi connectivity index (χ1v) is 6.84. The van der Waals surface area contributed by atoms with Crippen LogP contribution >= 0.6 is 15.9 Å². The van der Waals surface area contributed by atoms with Crippen molar-refractivity contribution in [3.05, 3.63) is 17.6 Å². The van der Waals surface area contributed by atoms with Crippen LogP contribution in [0.25, 0.3) is 0 Å². The normalized spacial score (nSPS) is 10.5. The van der Waals surface area contributed by atoms with E-state index in [1.165, 1.54) is 19.3 Å². The molecular formula is C12H20BrN3. The van der Waals surface area contributed by atoms with Gasteiger partial charge in [-0.05, 0) is 26.7 Å². The van der Waals surface area contributed by atoms with Gasteiger partial charge < -0.3 is 4.90 Å². The first kappa shape index (κ1) is 13.4. The lowest BCUT2D eigenvalue weighted by atomic mass is 10.2. The second-order valence-corrected chi connectivity index (χ2v) is 4.88. The van der Waals surface area contributed by atoms with Gasteiger partial charge in [-0.3, -0.25) is 4.98 Å². The molecule has 0 amide bonds. The zero-order chi connectivity index (χ0) is 12.0. The smallest absolute Gasteiger partial charge is 0.150 e. The van der Waals surface area contributed by atoms with Gasteiger partial charge in [0, 0.05) is 25.1 Å². The molecule has 0 aliphatic carbocycles. The average Bonchev–Trinajstić information content (AvgIpc) is 2.27. The highest BCUT2D eigenvalue weighted by atomic mass is 79.9. The average molecular weight is 286 g/mol. The number of rotatable bonds is 6. The zero-order valence-electron chi connectivity index (χ0n) is 10.3. The first-order chi connectivity index (χ1) is 7.65. The highest BCUT2D eigenvalue weighted by Gasteiger charge is 2.07. The molecule has 16 heavy (non-hydrogen) atoms. The van der Waals surface area contributed by atoms with Crippen molar-refractivity contribution in [3.63, 3.8) is 0 Å². The summed E-state index contributed by atoms with van der Waals surface area (Å²) in [6.07, 6.45) is 5.52. The van der Waals surface area contributed by atoms with Crippen LogP contribution in [0.1, 0.15) is 30.7 Å². The number of aromatic nitrogens is 2. The van der Waals surface area contributed by atoms with Gasteiger partial charge in [-0.25, -0.2) is 4.98 Å². The highest BCUT2D eigenvalue weighted by Crippen LogP contribution is 2.14. The Hall–Kier alpha value is -0.640. The monoisotopic (exact) mass is 285 g/mol. The molecule has 0 saturated heterocycles. The maximum Gasteiger partial charge on any atom is 0.150 e. The van der Waals surface area contributed by atoms with Crippen LogP contribution in [0.4, 0.5) is 5.82 Å². The number of hydrogen-bond acceptors (Lipinski definition) is 3. The van der Waals surface area contributed by atoms with E-state index in [0.29, 0.717) is 0 Å². The molecule has 1 aromatic rings. The van der Waals surface area contributed by atoms with Crippen LogP contribution in [0.3, 0.4) is 0 Å². The van der Waals surface area contributed by atoms with E-state index in [2.05, 4.69) is 37.8 Å². The molecule has 4 heteroatoms. The van der Waals surface area contributed by atoms with Crippen molar-refractivity contribution < 1.29 is 0 Å². The molecule has 3 nitrogen and oxygen atoms in total. The lowest BCUT2D eigenvalue weighted by Gasteiger charge is -2.19. The maximum absolute atomic E-state index is 4.53. The Morgan fingerprint density at radius 3 is 2.69 bits per heavy atom.